The van der Waals surface area contributed by atoms with E-state index in [1.165, 1.54) is 0 Å². The molecule has 3 aliphatic heterocycles. The maximum absolute atomic E-state index is 11.9. The maximum atomic E-state index is 11.9. The molecule has 6 atom stereocenters. The second-order valence-corrected chi connectivity index (χ2v) is 5.49. The molecule has 114 valence electrons. The Morgan fingerprint density at radius 2 is 2.24 bits per heavy atom. The van der Waals surface area contributed by atoms with Crippen LogP contribution in [-0.4, -0.2) is 48.4 Å². The first-order valence-corrected chi connectivity index (χ1v) is 6.88. The quantitative estimate of drug-likeness (QED) is 0.404. The molecule has 7 heteroatoms. The molecule has 0 saturated carbocycles. The van der Waals surface area contributed by atoms with Gasteiger partial charge < -0.3 is 18.9 Å². The van der Waals surface area contributed by atoms with E-state index in [0.29, 0.717) is 6.42 Å². The summed E-state index contributed by atoms with van der Waals surface area (Å²) in [5, 5.41) is 0. The summed E-state index contributed by atoms with van der Waals surface area (Å²) in [5.74, 6) is -1.60. The first-order chi connectivity index (χ1) is 9.99. The van der Waals surface area contributed by atoms with Gasteiger partial charge in [0.05, 0.1) is 18.4 Å². The van der Waals surface area contributed by atoms with Crippen molar-refractivity contribution in [3.8, 4) is 0 Å². The fraction of sp³-hybridized carbons (Fsp3) is 0.643. The second kappa shape index (κ2) is 5.14. The number of rotatable bonds is 5. The van der Waals surface area contributed by atoms with Crippen LogP contribution in [0, 0.1) is 5.92 Å². The highest BCUT2D eigenvalue weighted by Gasteiger charge is 2.65. The molecule has 7 nitrogen and oxygen atoms in total. The van der Waals surface area contributed by atoms with E-state index >= 15 is 0 Å². The van der Waals surface area contributed by atoms with Crippen LogP contribution in [0.1, 0.15) is 19.8 Å². The zero-order valence-corrected chi connectivity index (χ0v) is 11.5. The minimum atomic E-state index is -0.610. The monoisotopic (exact) mass is 296 g/mol. The van der Waals surface area contributed by atoms with Gasteiger partial charge in [-0.15, -0.1) is 0 Å². The van der Waals surface area contributed by atoms with Crippen LogP contribution in [0.2, 0.25) is 0 Å². The summed E-state index contributed by atoms with van der Waals surface area (Å²) in [4.78, 5) is 34.4. The Labute approximate surface area is 121 Å². The van der Waals surface area contributed by atoms with Crippen molar-refractivity contribution in [2.45, 2.75) is 50.3 Å². The van der Waals surface area contributed by atoms with Crippen LogP contribution in [-0.2, 0) is 33.3 Å². The van der Waals surface area contributed by atoms with Crippen molar-refractivity contribution in [1.82, 2.24) is 0 Å². The Morgan fingerprint density at radius 1 is 1.48 bits per heavy atom. The lowest BCUT2D eigenvalue weighted by Gasteiger charge is -2.23. The first kappa shape index (κ1) is 14.1. The highest BCUT2D eigenvalue weighted by atomic mass is 16.7. The Bertz CT molecular complexity index is 500. The van der Waals surface area contributed by atoms with E-state index in [0.717, 1.165) is 6.08 Å². The van der Waals surface area contributed by atoms with Gasteiger partial charge in [-0.1, -0.05) is 6.58 Å². The van der Waals surface area contributed by atoms with Crippen molar-refractivity contribution in [2.24, 2.45) is 5.92 Å². The van der Waals surface area contributed by atoms with Gasteiger partial charge in [-0.25, -0.2) is 4.79 Å². The summed E-state index contributed by atoms with van der Waals surface area (Å²) in [6.07, 6.45) is -0.770. The molecule has 3 rings (SSSR count). The Balaban J connectivity index is 1.53. The van der Waals surface area contributed by atoms with Crippen molar-refractivity contribution in [2.75, 3.05) is 0 Å². The maximum Gasteiger partial charge on any atom is 0.330 e. The average molecular weight is 296 g/mol. The molecule has 3 aliphatic rings. The van der Waals surface area contributed by atoms with Crippen LogP contribution >= 0.6 is 0 Å². The largest absolute Gasteiger partial charge is 0.459 e. The van der Waals surface area contributed by atoms with Crippen molar-refractivity contribution in [3.05, 3.63) is 12.7 Å². The van der Waals surface area contributed by atoms with Crippen LogP contribution in [0.3, 0.4) is 0 Å². The molecule has 0 aromatic rings. The van der Waals surface area contributed by atoms with Crippen LogP contribution < -0.4 is 0 Å². The summed E-state index contributed by atoms with van der Waals surface area (Å²) in [6.45, 7) is 4.87. The topological polar surface area (TPSA) is 88.1 Å². The van der Waals surface area contributed by atoms with Crippen LogP contribution in [0.25, 0.3) is 0 Å². The lowest BCUT2D eigenvalue weighted by atomic mass is 9.88. The van der Waals surface area contributed by atoms with E-state index in [1.807, 2.05) is 0 Å². The van der Waals surface area contributed by atoms with Crippen molar-refractivity contribution in [1.29, 1.82) is 0 Å². The molecule has 6 unspecified atom stereocenters. The number of fused-ring (bicyclic) bond motifs is 1. The molecule has 0 N–H and O–H groups in total. The molecule has 3 fully saturated rings. The van der Waals surface area contributed by atoms with E-state index < -0.39 is 30.3 Å². The minimum Gasteiger partial charge on any atom is -0.459 e. The van der Waals surface area contributed by atoms with E-state index in [4.69, 9.17) is 18.9 Å². The number of carbonyl (C=O) groups is 3. The van der Waals surface area contributed by atoms with Gasteiger partial charge in [0, 0.05) is 6.08 Å². The molecule has 0 amide bonds. The van der Waals surface area contributed by atoms with E-state index in [-0.39, 0.29) is 30.5 Å². The van der Waals surface area contributed by atoms with Gasteiger partial charge in [0.1, 0.15) is 12.2 Å². The molecule has 21 heavy (non-hydrogen) atoms. The van der Waals surface area contributed by atoms with Gasteiger partial charge in [0.15, 0.2) is 12.2 Å². The molecule has 2 bridgehead atoms. The van der Waals surface area contributed by atoms with Crippen molar-refractivity contribution >= 4 is 17.9 Å². The van der Waals surface area contributed by atoms with Gasteiger partial charge in [-0.3, -0.25) is 9.59 Å². The third-order valence-corrected chi connectivity index (χ3v) is 3.99. The summed E-state index contributed by atoms with van der Waals surface area (Å²) in [7, 11) is 0. The summed E-state index contributed by atoms with van der Waals surface area (Å²) in [6, 6.07) is 0. The van der Waals surface area contributed by atoms with E-state index in [2.05, 4.69) is 6.58 Å². The predicted molar refractivity (Wildman–Crippen MR) is 66.9 cm³/mol. The van der Waals surface area contributed by atoms with Gasteiger partial charge in [0.2, 0.25) is 0 Å². The molecule has 3 saturated heterocycles. The molecule has 0 spiro atoms. The Kier molecular flexibility index (Phi) is 3.44. The van der Waals surface area contributed by atoms with Gasteiger partial charge in [0.25, 0.3) is 0 Å². The lowest BCUT2D eigenvalue weighted by molar-refractivity contribution is -0.163. The third-order valence-electron chi connectivity index (χ3n) is 3.99. The fourth-order valence-corrected chi connectivity index (χ4v) is 3.10. The molecular weight excluding hydrogens is 280 g/mol. The number of hydrogen-bond donors (Lipinski definition) is 0. The number of esters is 3. The zero-order chi connectivity index (χ0) is 15.1. The van der Waals surface area contributed by atoms with Crippen LogP contribution in [0.15, 0.2) is 12.7 Å². The van der Waals surface area contributed by atoms with Crippen LogP contribution in [0.4, 0.5) is 0 Å². The number of hydrogen-bond acceptors (Lipinski definition) is 7. The lowest BCUT2D eigenvalue weighted by Crippen LogP contribution is -2.40. The van der Waals surface area contributed by atoms with Crippen molar-refractivity contribution in [3.63, 3.8) is 0 Å². The van der Waals surface area contributed by atoms with Crippen LogP contribution in [0.5, 0.6) is 0 Å². The smallest absolute Gasteiger partial charge is 0.330 e. The predicted octanol–water partition coefficient (Wildman–Crippen LogP) is 0.119. The zero-order valence-electron chi connectivity index (χ0n) is 11.5. The summed E-state index contributed by atoms with van der Waals surface area (Å²) >= 11 is 0. The second-order valence-electron chi connectivity index (χ2n) is 5.49. The van der Waals surface area contributed by atoms with Gasteiger partial charge in [-0.05, 0) is 13.3 Å². The van der Waals surface area contributed by atoms with Gasteiger partial charge in [-0.2, -0.15) is 0 Å². The minimum absolute atomic E-state index is 0.0719. The highest BCUT2D eigenvalue weighted by molar-refractivity contribution is 5.81. The third kappa shape index (κ3) is 2.42. The molecule has 0 aromatic heterocycles. The standard InChI is InChI=1S/C14H16O7/c1-3-9(15)18-6(2)4-10(16)20-12-8-5-7-11(19-8)13(12)21-14(7)17/h3,6-8,11-13H,1,4-5H2,2H3. The Morgan fingerprint density at radius 3 is 2.95 bits per heavy atom. The van der Waals surface area contributed by atoms with Crippen molar-refractivity contribution < 1.29 is 33.3 Å². The summed E-state index contributed by atoms with van der Waals surface area (Å²) in [5.41, 5.74) is 0. The SMILES string of the molecule is C=CC(=O)OC(C)CC(=O)OC1C2CC3C(=O)OC1C3O2. The molecular formula is C14H16O7. The number of ether oxygens (including phenoxy) is 4. The summed E-state index contributed by atoms with van der Waals surface area (Å²) < 4.78 is 21.1. The normalized spacial score (nSPS) is 37.0. The highest BCUT2D eigenvalue weighted by Crippen LogP contribution is 2.47. The first-order valence-electron chi connectivity index (χ1n) is 6.88. The molecule has 0 radical (unpaired) electrons. The Hall–Kier alpha value is -1.89. The fourth-order valence-electron chi connectivity index (χ4n) is 3.10. The number of carbonyl (C=O) groups excluding carboxylic acids is 3. The molecule has 0 aromatic carbocycles. The van der Waals surface area contributed by atoms with E-state index in [1.54, 1.807) is 6.92 Å². The average Bonchev–Trinajstić information content (AvgIpc) is 3.03. The van der Waals surface area contributed by atoms with Gasteiger partial charge >= 0.3 is 17.9 Å². The molecule has 3 heterocycles. The molecule has 0 aliphatic carbocycles. The van der Waals surface area contributed by atoms with E-state index in [9.17, 15) is 14.4 Å².